The van der Waals surface area contributed by atoms with E-state index in [-0.39, 0.29) is 17.3 Å². The maximum Gasteiger partial charge on any atom is 0.416 e. The molecule has 1 aliphatic carbocycles. The zero-order valence-corrected chi connectivity index (χ0v) is 14.7. The van der Waals surface area contributed by atoms with Gasteiger partial charge in [-0.05, 0) is 49.4 Å². The Bertz CT molecular complexity index is 1040. The lowest BCUT2D eigenvalue weighted by Gasteiger charge is -2.20. The summed E-state index contributed by atoms with van der Waals surface area (Å²) < 4.78 is 6.95. The number of nitrogens with one attached hydrogen (secondary N) is 2. The topological polar surface area (TPSA) is 78.2 Å². The second kappa shape index (κ2) is 6.78. The number of benzene rings is 1. The van der Waals surface area contributed by atoms with Gasteiger partial charge in [-0.2, -0.15) is 4.57 Å². The van der Waals surface area contributed by atoms with Crippen LogP contribution in [0.5, 0.6) is 5.75 Å². The third-order valence-corrected chi connectivity index (χ3v) is 5.22. The van der Waals surface area contributed by atoms with Gasteiger partial charge in [-0.3, -0.25) is 9.78 Å². The first-order chi connectivity index (χ1) is 12.7. The van der Waals surface area contributed by atoms with Gasteiger partial charge >= 0.3 is 5.69 Å². The Morgan fingerprint density at radius 1 is 1.08 bits per heavy atom. The van der Waals surface area contributed by atoms with Gasteiger partial charge in [-0.15, -0.1) is 0 Å². The number of aromatic amines is 2. The van der Waals surface area contributed by atoms with Crippen molar-refractivity contribution < 1.29 is 9.72 Å². The monoisotopic (exact) mass is 352 g/mol. The van der Waals surface area contributed by atoms with Crippen LogP contribution in [0.4, 0.5) is 0 Å². The van der Waals surface area contributed by atoms with Gasteiger partial charge in [-0.1, -0.05) is 18.6 Å². The molecule has 134 valence electrons. The zero-order chi connectivity index (χ0) is 18.1. The number of H-pyrrole nitrogens is 2. The van der Waals surface area contributed by atoms with Crippen molar-refractivity contribution in [3.05, 3.63) is 57.4 Å². The fraction of sp³-hybridized carbons (Fsp3) is 0.350. The molecule has 1 fully saturated rings. The Labute approximate surface area is 150 Å². The molecule has 26 heavy (non-hydrogen) atoms. The number of pyridine rings is 1. The lowest BCUT2D eigenvalue weighted by atomic mass is 9.95. The lowest BCUT2D eigenvalue weighted by molar-refractivity contribution is -0.350. The van der Waals surface area contributed by atoms with Crippen molar-refractivity contribution in [2.24, 2.45) is 0 Å². The fourth-order valence-corrected chi connectivity index (χ4v) is 3.93. The molecule has 0 amide bonds. The molecule has 4 rings (SSSR count). The highest BCUT2D eigenvalue weighted by molar-refractivity contribution is 5.90. The van der Waals surface area contributed by atoms with E-state index in [1.54, 1.807) is 17.9 Å². The highest BCUT2D eigenvalue weighted by Crippen LogP contribution is 2.30. The normalized spacial score (nSPS) is 15.3. The van der Waals surface area contributed by atoms with Crippen LogP contribution in [0.15, 0.2) is 46.1 Å². The molecule has 1 saturated carbocycles. The number of ether oxygens (including phenoxy) is 1. The third kappa shape index (κ3) is 2.81. The van der Waals surface area contributed by atoms with Crippen LogP contribution in [-0.4, -0.2) is 16.7 Å². The van der Waals surface area contributed by atoms with E-state index in [9.17, 15) is 9.59 Å². The van der Waals surface area contributed by atoms with Crippen molar-refractivity contribution in [2.45, 2.75) is 38.1 Å². The maximum absolute atomic E-state index is 12.6. The van der Waals surface area contributed by atoms with Gasteiger partial charge < -0.3 is 4.74 Å². The SMILES string of the molecule is COc1ccc(-c2cc[nH+]c3c2c(=O)[nH]c(=O)n3C2CCCCC2)cc1. The average molecular weight is 352 g/mol. The van der Waals surface area contributed by atoms with Crippen LogP contribution in [0.1, 0.15) is 38.1 Å². The van der Waals surface area contributed by atoms with Crippen molar-refractivity contribution in [3.63, 3.8) is 0 Å². The van der Waals surface area contributed by atoms with Crippen LogP contribution >= 0.6 is 0 Å². The van der Waals surface area contributed by atoms with Crippen molar-refractivity contribution >= 4 is 11.0 Å². The Hall–Kier alpha value is -2.89. The number of hydrogen-bond acceptors (Lipinski definition) is 3. The molecular formula is C20H22N3O3+. The third-order valence-electron chi connectivity index (χ3n) is 5.22. The summed E-state index contributed by atoms with van der Waals surface area (Å²) in [5.41, 5.74) is 1.60. The highest BCUT2D eigenvalue weighted by Gasteiger charge is 2.27. The maximum atomic E-state index is 12.6. The van der Waals surface area contributed by atoms with E-state index in [2.05, 4.69) is 9.97 Å². The van der Waals surface area contributed by atoms with Gasteiger partial charge in [0.2, 0.25) is 0 Å². The summed E-state index contributed by atoms with van der Waals surface area (Å²) in [6.07, 6.45) is 7.13. The summed E-state index contributed by atoms with van der Waals surface area (Å²) >= 11 is 0. The quantitative estimate of drug-likeness (QED) is 0.787. The van der Waals surface area contributed by atoms with E-state index in [0.29, 0.717) is 11.0 Å². The van der Waals surface area contributed by atoms with Crippen molar-refractivity contribution in [1.82, 2.24) is 9.55 Å². The standard InChI is InChI=1S/C20H21N3O3/c1-26-15-9-7-13(8-10-15)16-11-12-21-18-17(16)19(24)22-20(25)23(18)14-5-3-2-4-6-14/h7-12,14H,2-6H2,1H3,(H,22,24,25)/p+1. The van der Waals surface area contributed by atoms with Crippen LogP contribution in [-0.2, 0) is 0 Å². The molecule has 1 aromatic carbocycles. The molecule has 0 spiro atoms. The lowest BCUT2D eigenvalue weighted by Crippen LogP contribution is -2.36. The number of nitrogens with zero attached hydrogens (tertiary/aromatic N) is 1. The Kier molecular flexibility index (Phi) is 4.32. The smallest absolute Gasteiger partial charge is 0.416 e. The van der Waals surface area contributed by atoms with Gasteiger partial charge in [0.05, 0.1) is 13.3 Å². The molecule has 0 bridgehead atoms. The van der Waals surface area contributed by atoms with Crippen LogP contribution < -0.4 is 21.0 Å². The average Bonchev–Trinajstić information content (AvgIpc) is 2.68. The molecule has 0 radical (unpaired) electrons. The number of fused-ring (bicyclic) bond motifs is 1. The van der Waals surface area contributed by atoms with E-state index < -0.39 is 0 Å². The summed E-state index contributed by atoms with van der Waals surface area (Å²) in [7, 11) is 1.62. The second-order valence-electron chi connectivity index (χ2n) is 6.76. The van der Waals surface area contributed by atoms with E-state index in [1.807, 2.05) is 30.3 Å². The van der Waals surface area contributed by atoms with Crippen molar-refractivity contribution in [1.29, 1.82) is 0 Å². The summed E-state index contributed by atoms with van der Waals surface area (Å²) in [6, 6.07) is 9.56. The highest BCUT2D eigenvalue weighted by atomic mass is 16.5. The van der Waals surface area contributed by atoms with E-state index in [1.165, 1.54) is 6.42 Å². The van der Waals surface area contributed by atoms with Crippen LogP contribution in [0.3, 0.4) is 0 Å². The summed E-state index contributed by atoms with van der Waals surface area (Å²) in [6.45, 7) is 0. The predicted molar refractivity (Wildman–Crippen MR) is 99.5 cm³/mol. The summed E-state index contributed by atoms with van der Waals surface area (Å²) in [5.74, 6) is 0.758. The molecule has 0 unspecified atom stereocenters. The van der Waals surface area contributed by atoms with Gasteiger partial charge in [0.15, 0.2) is 0 Å². The van der Waals surface area contributed by atoms with Gasteiger partial charge in [0, 0.05) is 5.56 Å². The zero-order valence-electron chi connectivity index (χ0n) is 14.7. The molecular weight excluding hydrogens is 330 g/mol. The van der Waals surface area contributed by atoms with Crippen molar-refractivity contribution in [2.75, 3.05) is 7.11 Å². The second-order valence-corrected chi connectivity index (χ2v) is 6.76. The molecule has 6 heteroatoms. The van der Waals surface area contributed by atoms with Crippen LogP contribution in [0, 0.1) is 0 Å². The molecule has 0 aliphatic heterocycles. The first-order valence-corrected chi connectivity index (χ1v) is 9.02. The van der Waals surface area contributed by atoms with E-state index in [4.69, 9.17) is 4.74 Å². The minimum Gasteiger partial charge on any atom is -0.497 e. The summed E-state index contributed by atoms with van der Waals surface area (Å²) in [4.78, 5) is 30.9. The van der Waals surface area contributed by atoms with Crippen LogP contribution in [0.25, 0.3) is 22.2 Å². The van der Waals surface area contributed by atoms with Gasteiger partial charge in [-0.25, -0.2) is 9.78 Å². The van der Waals surface area contributed by atoms with Gasteiger partial charge in [0.25, 0.3) is 11.2 Å². The minimum atomic E-state index is -0.361. The first kappa shape index (κ1) is 16.6. The Morgan fingerprint density at radius 3 is 2.50 bits per heavy atom. The molecule has 2 aromatic heterocycles. The predicted octanol–water partition coefficient (Wildman–Crippen LogP) is 2.68. The summed E-state index contributed by atoms with van der Waals surface area (Å²) in [5, 5.41) is 0.517. The number of hydrogen-bond donors (Lipinski definition) is 1. The molecule has 1 aliphatic rings. The number of methoxy groups -OCH3 is 1. The Balaban J connectivity index is 1.95. The molecule has 0 atom stereocenters. The first-order valence-electron chi connectivity index (χ1n) is 9.02. The molecule has 6 nitrogen and oxygen atoms in total. The van der Waals surface area contributed by atoms with Crippen molar-refractivity contribution in [3.8, 4) is 16.9 Å². The van der Waals surface area contributed by atoms with Gasteiger partial charge in [0.1, 0.15) is 17.2 Å². The largest absolute Gasteiger partial charge is 0.497 e. The molecule has 3 aromatic rings. The number of aromatic nitrogens is 3. The van der Waals surface area contributed by atoms with Crippen LogP contribution in [0.2, 0.25) is 0 Å². The minimum absolute atomic E-state index is 0.123. The molecule has 0 saturated heterocycles. The molecule has 2 N–H and O–H groups in total. The van der Waals surface area contributed by atoms with E-state index in [0.717, 1.165) is 42.6 Å². The number of rotatable bonds is 3. The fourth-order valence-electron chi connectivity index (χ4n) is 3.93. The molecule has 2 heterocycles. The van der Waals surface area contributed by atoms with E-state index >= 15 is 0 Å². The Morgan fingerprint density at radius 2 is 1.81 bits per heavy atom.